The standard InChI is InChI=1S/C33H41ClO6/c1-5-16-36-31-29(8-4)40-30(32(37-17-6-2)33(31)38-18-7-3)24-11-14-28(34)25(21-24)20-23-9-12-26(13-10-23)39-27-15-19-35-22-27/h5-7,9-14,21,27,29-33H,1-3,8,15-20,22H2,4H3/t27-,29+,30-,31+,32-,33-/m0/s1. The Bertz CT molecular complexity index is 1100. The molecule has 2 aromatic rings. The molecule has 0 aromatic heterocycles. The Balaban J connectivity index is 1.58. The number of ether oxygens (including phenoxy) is 6. The molecule has 0 N–H and O–H groups in total. The van der Waals surface area contributed by atoms with Gasteiger partial charge in [-0.15, -0.1) is 19.7 Å². The molecule has 0 radical (unpaired) electrons. The van der Waals surface area contributed by atoms with Crippen LogP contribution in [0.4, 0.5) is 0 Å². The first-order chi connectivity index (χ1) is 19.6. The molecule has 7 heteroatoms. The zero-order chi connectivity index (χ0) is 28.3. The molecule has 0 amide bonds. The lowest BCUT2D eigenvalue weighted by Crippen LogP contribution is -2.57. The average Bonchev–Trinajstić information content (AvgIpc) is 3.49. The van der Waals surface area contributed by atoms with Gasteiger partial charge in [0, 0.05) is 11.4 Å². The largest absolute Gasteiger partial charge is 0.488 e. The highest BCUT2D eigenvalue weighted by atomic mass is 35.5. The molecule has 2 aliphatic heterocycles. The molecule has 6 atom stereocenters. The summed E-state index contributed by atoms with van der Waals surface area (Å²) in [6.07, 6.45) is 5.95. The molecule has 0 bridgehead atoms. The van der Waals surface area contributed by atoms with Gasteiger partial charge in [0.05, 0.1) is 39.1 Å². The number of rotatable bonds is 15. The minimum absolute atomic E-state index is 0.122. The fourth-order valence-corrected chi connectivity index (χ4v) is 5.42. The van der Waals surface area contributed by atoms with Crippen LogP contribution in [0.15, 0.2) is 80.4 Å². The van der Waals surface area contributed by atoms with Gasteiger partial charge in [0.1, 0.15) is 36.3 Å². The fraction of sp³-hybridized carbons (Fsp3) is 0.455. The molecule has 2 heterocycles. The van der Waals surface area contributed by atoms with Gasteiger partial charge in [-0.3, -0.25) is 0 Å². The van der Waals surface area contributed by atoms with E-state index in [1.54, 1.807) is 18.2 Å². The molecule has 2 aliphatic rings. The molecule has 0 spiro atoms. The highest BCUT2D eigenvalue weighted by molar-refractivity contribution is 6.31. The second-order valence-electron chi connectivity index (χ2n) is 10.0. The molecule has 40 heavy (non-hydrogen) atoms. The molecule has 2 aromatic carbocycles. The molecule has 2 saturated heterocycles. The van der Waals surface area contributed by atoms with Crippen LogP contribution >= 0.6 is 11.6 Å². The zero-order valence-corrected chi connectivity index (χ0v) is 24.1. The highest BCUT2D eigenvalue weighted by Crippen LogP contribution is 2.39. The van der Waals surface area contributed by atoms with Crippen molar-refractivity contribution in [3.63, 3.8) is 0 Å². The van der Waals surface area contributed by atoms with Crippen molar-refractivity contribution >= 4 is 11.6 Å². The summed E-state index contributed by atoms with van der Waals surface area (Å²) in [5.74, 6) is 0.848. The number of hydrogen-bond acceptors (Lipinski definition) is 6. The minimum atomic E-state index is -0.430. The van der Waals surface area contributed by atoms with Gasteiger partial charge in [0.25, 0.3) is 0 Å². The monoisotopic (exact) mass is 568 g/mol. The van der Waals surface area contributed by atoms with E-state index in [1.807, 2.05) is 24.3 Å². The van der Waals surface area contributed by atoms with Crippen LogP contribution in [0.2, 0.25) is 5.02 Å². The summed E-state index contributed by atoms with van der Waals surface area (Å²) in [5, 5.41) is 0.699. The molecular weight excluding hydrogens is 528 g/mol. The van der Waals surface area contributed by atoms with Gasteiger partial charge in [-0.1, -0.05) is 61.0 Å². The summed E-state index contributed by atoms with van der Waals surface area (Å²) in [7, 11) is 0. The molecule has 4 rings (SSSR count). The Hall–Kier alpha value is -2.45. The Morgan fingerprint density at radius 2 is 1.57 bits per heavy atom. The zero-order valence-electron chi connectivity index (χ0n) is 23.3. The summed E-state index contributed by atoms with van der Waals surface area (Å²) < 4.78 is 36.9. The smallest absolute Gasteiger partial charge is 0.124 e. The maximum absolute atomic E-state index is 6.69. The normalized spacial score (nSPS) is 26.4. The number of benzene rings is 2. The van der Waals surface area contributed by atoms with Crippen molar-refractivity contribution in [2.75, 3.05) is 33.0 Å². The first kappa shape index (κ1) is 30.5. The van der Waals surface area contributed by atoms with Crippen LogP contribution in [-0.2, 0) is 30.1 Å². The highest BCUT2D eigenvalue weighted by Gasteiger charge is 2.47. The fourth-order valence-electron chi connectivity index (χ4n) is 5.23. The summed E-state index contributed by atoms with van der Waals surface area (Å²) in [4.78, 5) is 0. The lowest BCUT2D eigenvalue weighted by molar-refractivity contribution is -0.254. The van der Waals surface area contributed by atoms with E-state index in [2.05, 4.69) is 44.9 Å². The van der Waals surface area contributed by atoms with Crippen molar-refractivity contribution < 1.29 is 28.4 Å². The van der Waals surface area contributed by atoms with E-state index in [0.29, 0.717) is 37.9 Å². The Labute approximate surface area is 243 Å². The van der Waals surface area contributed by atoms with Gasteiger partial charge in [-0.2, -0.15) is 0 Å². The van der Waals surface area contributed by atoms with Gasteiger partial charge < -0.3 is 28.4 Å². The van der Waals surface area contributed by atoms with E-state index in [4.69, 9.17) is 40.0 Å². The van der Waals surface area contributed by atoms with E-state index >= 15 is 0 Å². The molecular formula is C33H41ClO6. The second kappa shape index (κ2) is 15.5. The predicted octanol–water partition coefficient (Wildman–Crippen LogP) is 6.66. The topological polar surface area (TPSA) is 55.4 Å². The third-order valence-corrected chi connectivity index (χ3v) is 7.53. The first-order valence-corrected chi connectivity index (χ1v) is 14.4. The molecule has 6 nitrogen and oxygen atoms in total. The minimum Gasteiger partial charge on any atom is -0.488 e. The van der Waals surface area contributed by atoms with E-state index in [9.17, 15) is 0 Å². The average molecular weight is 569 g/mol. The van der Waals surface area contributed by atoms with Crippen molar-refractivity contribution in [3.05, 3.63) is 102 Å². The Morgan fingerprint density at radius 3 is 2.20 bits per heavy atom. The van der Waals surface area contributed by atoms with E-state index in [0.717, 1.165) is 41.9 Å². The summed E-state index contributed by atoms with van der Waals surface area (Å²) in [5.41, 5.74) is 3.11. The molecule has 0 unspecified atom stereocenters. The Kier molecular flexibility index (Phi) is 11.8. The Morgan fingerprint density at radius 1 is 0.900 bits per heavy atom. The van der Waals surface area contributed by atoms with Crippen LogP contribution in [0, 0.1) is 0 Å². The second-order valence-corrected chi connectivity index (χ2v) is 10.4. The van der Waals surface area contributed by atoms with Crippen LogP contribution in [-0.4, -0.2) is 63.6 Å². The quantitative estimate of drug-likeness (QED) is 0.224. The van der Waals surface area contributed by atoms with Gasteiger partial charge in [-0.25, -0.2) is 0 Å². The van der Waals surface area contributed by atoms with Crippen molar-refractivity contribution in [3.8, 4) is 5.75 Å². The SMILES string of the molecule is C=CCO[C@@H]1[C@@H](OCC=C)[C@H](c2ccc(Cl)c(Cc3ccc(O[C@H]4CCOC4)cc3)c2)O[C@H](CC)[C@H]1OCC=C. The van der Waals surface area contributed by atoms with Crippen LogP contribution in [0.1, 0.15) is 42.6 Å². The third-order valence-electron chi connectivity index (χ3n) is 7.16. The maximum Gasteiger partial charge on any atom is 0.124 e. The van der Waals surface area contributed by atoms with Gasteiger partial charge in [0.2, 0.25) is 0 Å². The predicted molar refractivity (Wildman–Crippen MR) is 158 cm³/mol. The van der Waals surface area contributed by atoms with E-state index in [1.165, 1.54) is 0 Å². The van der Waals surface area contributed by atoms with Crippen LogP contribution < -0.4 is 4.74 Å². The number of halogens is 1. The van der Waals surface area contributed by atoms with Gasteiger partial charge >= 0.3 is 0 Å². The van der Waals surface area contributed by atoms with Gasteiger partial charge in [0.15, 0.2) is 0 Å². The van der Waals surface area contributed by atoms with Crippen molar-refractivity contribution in [2.45, 2.75) is 62.8 Å². The number of hydrogen-bond donors (Lipinski definition) is 0. The van der Waals surface area contributed by atoms with E-state index in [-0.39, 0.29) is 30.5 Å². The lowest BCUT2D eigenvalue weighted by Gasteiger charge is -2.46. The third kappa shape index (κ3) is 7.84. The van der Waals surface area contributed by atoms with Crippen molar-refractivity contribution in [1.29, 1.82) is 0 Å². The summed E-state index contributed by atoms with van der Waals surface area (Å²) >= 11 is 6.69. The van der Waals surface area contributed by atoms with Crippen molar-refractivity contribution in [2.24, 2.45) is 0 Å². The molecule has 0 saturated carbocycles. The van der Waals surface area contributed by atoms with Crippen molar-refractivity contribution in [1.82, 2.24) is 0 Å². The van der Waals surface area contributed by atoms with Gasteiger partial charge in [-0.05, 0) is 47.7 Å². The summed E-state index contributed by atoms with van der Waals surface area (Å²) in [6, 6.07) is 14.2. The first-order valence-electron chi connectivity index (χ1n) is 14.0. The van der Waals surface area contributed by atoms with Crippen LogP contribution in [0.25, 0.3) is 0 Å². The van der Waals surface area contributed by atoms with Crippen LogP contribution in [0.3, 0.4) is 0 Å². The molecule has 216 valence electrons. The van der Waals surface area contributed by atoms with Crippen LogP contribution in [0.5, 0.6) is 5.75 Å². The molecule has 2 fully saturated rings. The molecule has 0 aliphatic carbocycles. The summed E-state index contributed by atoms with van der Waals surface area (Å²) in [6.45, 7) is 16.1. The lowest BCUT2D eigenvalue weighted by atomic mass is 9.88. The van der Waals surface area contributed by atoms with E-state index < -0.39 is 6.10 Å². The maximum atomic E-state index is 6.69.